The molecule has 72 valence electrons. The highest BCUT2D eigenvalue weighted by atomic mass is 35.5. The van der Waals surface area contributed by atoms with Gasteiger partial charge in [-0.2, -0.15) is 0 Å². The highest BCUT2D eigenvalue weighted by Crippen LogP contribution is 2.21. The second kappa shape index (κ2) is 5.08. The average Bonchev–Trinajstić information content (AvgIpc) is 2.16. The van der Waals surface area contributed by atoms with E-state index in [0.29, 0.717) is 12.1 Å². The molecule has 0 aromatic rings. The lowest BCUT2D eigenvalue weighted by molar-refractivity contribution is 0.114. The Hall–Kier alpha value is 0.250. The van der Waals surface area contributed by atoms with E-state index in [1.54, 1.807) is 0 Å². The second-order valence-electron chi connectivity index (χ2n) is 3.80. The molecule has 1 aliphatic heterocycles. The minimum absolute atomic E-state index is 0.648. The van der Waals surface area contributed by atoms with Gasteiger partial charge in [0.15, 0.2) is 0 Å². The van der Waals surface area contributed by atoms with Gasteiger partial charge >= 0.3 is 0 Å². The normalized spacial score (nSPS) is 28.8. The van der Waals surface area contributed by atoms with E-state index in [2.05, 4.69) is 18.7 Å². The minimum atomic E-state index is 0.648. The molecule has 0 aromatic heterocycles. The summed E-state index contributed by atoms with van der Waals surface area (Å²) in [6, 6.07) is 1.37. The minimum Gasteiger partial charge on any atom is -0.297 e. The molecule has 0 spiro atoms. The molecule has 2 atom stereocenters. The fourth-order valence-corrected chi connectivity index (χ4v) is 2.33. The number of hydrogen-bond donors (Lipinski definition) is 0. The topological polar surface area (TPSA) is 3.24 Å². The Morgan fingerprint density at radius 1 is 1.50 bits per heavy atom. The van der Waals surface area contributed by atoms with Gasteiger partial charge in [-0.1, -0.05) is 13.3 Å². The van der Waals surface area contributed by atoms with Gasteiger partial charge in [0.1, 0.15) is 0 Å². The predicted molar refractivity (Wildman–Crippen MR) is 54.8 cm³/mol. The third-order valence-corrected chi connectivity index (χ3v) is 3.36. The van der Waals surface area contributed by atoms with Crippen LogP contribution in [0.15, 0.2) is 0 Å². The van der Waals surface area contributed by atoms with E-state index in [4.69, 9.17) is 11.6 Å². The first-order chi connectivity index (χ1) is 5.79. The maximum absolute atomic E-state index is 5.93. The highest BCUT2D eigenvalue weighted by Gasteiger charge is 2.24. The molecule has 0 saturated carbocycles. The van der Waals surface area contributed by atoms with Crippen LogP contribution in [0.3, 0.4) is 0 Å². The summed E-state index contributed by atoms with van der Waals surface area (Å²) in [6.45, 7) is 5.82. The number of rotatable bonds is 3. The quantitative estimate of drug-likeness (QED) is 0.618. The van der Waals surface area contributed by atoms with Gasteiger partial charge in [0.2, 0.25) is 0 Å². The molecule has 0 aliphatic carbocycles. The van der Waals surface area contributed by atoms with Crippen LogP contribution in [0.5, 0.6) is 0 Å². The Morgan fingerprint density at radius 3 is 2.83 bits per heavy atom. The van der Waals surface area contributed by atoms with Crippen molar-refractivity contribution in [2.45, 2.75) is 51.6 Å². The van der Waals surface area contributed by atoms with Crippen molar-refractivity contribution in [3.05, 3.63) is 0 Å². The molecular weight excluding hydrogens is 170 g/mol. The van der Waals surface area contributed by atoms with Crippen LogP contribution in [-0.2, 0) is 0 Å². The summed E-state index contributed by atoms with van der Waals surface area (Å²) in [6.07, 6.45) is 5.27. The third-order valence-electron chi connectivity index (χ3n) is 3.01. The maximum atomic E-state index is 5.93. The highest BCUT2D eigenvalue weighted by molar-refractivity contribution is 6.18. The van der Waals surface area contributed by atoms with Crippen LogP contribution in [-0.4, -0.2) is 29.4 Å². The summed E-state index contributed by atoms with van der Waals surface area (Å²) in [5, 5.41) is 0. The van der Waals surface area contributed by atoms with Gasteiger partial charge < -0.3 is 0 Å². The molecule has 0 aromatic carbocycles. The van der Waals surface area contributed by atoms with Crippen molar-refractivity contribution in [3.63, 3.8) is 0 Å². The molecule has 1 rings (SSSR count). The zero-order chi connectivity index (χ0) is 8.97. The Kier molecular flexibility index (Phi) is 4.38. The molecule has 12 heavy (non-hydrogen) atoms. The first kappa shape index (κ1) is 10.3. The predicted octanol–water partition coefficient (Wildman–Crippen LogP) is 2.88. The SMILES string of the molecule is CCC(C)N1CCCCC1CCl. The van der Waals surface area contributed by atoms with Crippen molar-refractivity contribution in [1.82, 2.24) is 4.90 Å². The second-order valence-corrected chi connectivity index (χ2v) is 4.11. The Balaban J connectivity index is 2.46. The zero-order valence-electron chi connectivity index (χ0n) is 8.22. The van der Waals surface area contributed by atoms with E-state index in [0.717, 1.165) is 5.88 Å². The van der Waals surface area contributed by atoms with Crippen LogP contribution in [0.2, 0.25) is 0 Å². The van der Waals surface area contributed by atoms with E-state index in [1.807, 2.05) is 0 Å². The summed E-state index contributed by atoms with van der Waals surface area (Å²) in [7, 11) is 0. The summed E-state index contributed by atoms with van der Waals surface area (Å²) in [5.74, 6) is 0.810. The van der Waals surface area contributed by atoms with E-state index >= 15 is 0 Å². The molecule has 1 aliphatic rings. The smallest absolute Gasteiger partial charge is 0.0379 e. The van der Waals surface area contributed by atoms with Crippen LogP contribution in [0.4, 0.5) is 0 Å². The molecule has 0 amide bonds. The van der Waals surface area contributed by atoms with Gasteiger partial charge in [-0.3, -0.25) is 4.90 Å². The summed E-state index contributed by atoms with van der Waals surface area (Å²) < 4.78 is 0. The summed E-state index contributed by atoms with van der Waals surface area (Å²) >= 11 is 5.93. The molecular formula is C10H20ClN. The van der Waals surface area contributed by atoms with Crippen LogP contribution in [0.25, 0.3) is 0 Å². The van der Waals surface area contributed by atoms with Crippen molar-refractivity contribution < 1.29 is 0 Å². The van der Waals surface area contributed by atoms with E-state index in [-0.39, 0.29) is 0 Å². The van der Waals surface area contributed by atoms with Crippen LogP contribution < -0.4 is 0 Å². The Morgan fingerprint density at radius 2 is 2.25 bits per heavy atom. The number of halogens is 1. The molecule has 1 heterocycles. The Labute approximate surface area is 81.1 Å². The van der Waals surface area contributed by atoms with Crippen molar-refractivity contribution in [1.29, 1.82) is 0 Å². The molecule has 2 heteroatoms. The van der Waals surface area contributed by atoms with Crippen LogP contribution >= 0.6 is 11.6 Å². The molecule has 1 fully saturated rings. The zero-order valence-corrected chi connectivity index (χ0v) is 8.98. The number of nitrogens with zero attached hydrogens (tertiary/aromatic N) is 1. The lowest BCUT2D eigenvalue weighted by atomic mass is 10.0. The van der Waals surface area contributed by atoms with Crippen LogP contribution in [0.1, 0.15) is 39.5 Å². The molecule has 1 saturated heterocycles. The summed E-state index contributed by atoms with van der Waals surface area (Å²) in [4.78, 5) is 2.58. The van der Waals surface area contributed by atoms with Gasteiger partial charge in [0.05, 0.1) is 0 Å². The molecule has 0 N–H and O–H groups in total. The van der Waals surface area contributed by atoms with E-state index < -0.39 is 0 Å². The Bertz CT molecular complexity index is 127. The van der Waals surface area contributed by atoms with Crippen molar-refractivity contribution in [3.8, 4) is 0 Å². The average molecular weight is 190 g/mol. The maximum Gasteiger partial charge on any atom is 0.0379 e. The fraction of sp³-hybridized carbons (Fsp3) is 1.00. The lowest BCUT2D eigenvalue weighted by Crippen LogP contribution is -2.45. The standard InChI is InChI=1S/C10H20ClN/c1-3-9(2)12-7-5-4-6-10(12)8-11/h9-10H,3-8H2,1-2H3. The summed E-state index contributed by atoms with van der Waals surface area (Å²) in [5.41, 5.74) is 0. The monoisotopic (exact) mass is 189 g/mol. The first-order valence-electron chi connectivity index (χ1n) is 5.11. The van der Waals surface area contributed by atoms with Gasteiger partial charge in [0.25, 0.3) is 0 Å². The third kappa shape index (κ3) is 2.37. The van der Waals surface area contributed by atoms with Crippen LogP contribution in [0, 0.1) is 0 Å². The molecule has 0 radical (unpaired) electrons. The number of piperidine rings is 1. The van der Waals surface area contributed by atoms with E-state index in [9.17, 15) is 0 Å². The van der Waals surface area contributed by atoms with Crippen molar-refractivity contribution in [2.24, 2.45) is 0 Å². The first-order valence-corrected chi connectivity index (χ1v) is 5.64. The van der Waals surface area contributed by atoms with Gasteiger partial charge in [-0.25, -0.2) is 0 Å². The van der Waals surface area contributed by atoms with Gasteiger partial charge in [-0.15, -0.1) is 11.6 Å². The van der Waals surface area contributed by atoms with Crippen molar-refractivity contribution in [2.75, 3.05) is 12.4 Å². The van der Waals surface area contributed by atoms with E-state index in [1.165, 1.54) is 32.2 Å². The fourth-order valence-electron chi connectivity index (χ4n) is 2.00. The number of likely N-dealkylation sites (tertiary alicyclic amines) is 1. The molecule has 1 nitrogen and oxygen atoms in total. The van der Waals surface area contributed by atoms with Gasteiger partial charge in [0, 0.05) is 18.0 Å². The van der Waals surface area contributed by atoms with Gasteiger partial charge in [-0.05, 0) is 32.7 Å². The molecule has 2 unspecified atom stereocenters. The largest absolute Gasteiger partial charge is 0.297 e. The number of hydrogen-bond acceptors (Lipinski definition) is 1. The number of alkyl halides is 1. The van der Waals surface area contributed by atoms with Crippen molar-refractivity contribution >= 4 is 11.6 Å². The molecule has 0 bridgehead atoms. The lowest BCUT2D eigenvalue weighted by Gasteiger charge is -2.38.